The second kappa shape index (κ2) is 9.93. The molecule has 2 unspecified atom stereocenters. The Morgan fingerprint density at radius 3 is 2.46 bits per heavy atom. The Kier molecular flexibility index (Phi) is 8.20. The van der Waals surface area contributed by atoms with Gasteiger partial charge in [-0.1, -0.05) is 26.7 Å². The van der Waals surface area contributed by atoms with Gasteiger partial charge in [-0.15, -0.1) is 0 Å². The van der Waals surface area contributed by atoms with Crippen molar-refractivity contribution in [2.45, 2.75) is 65.3 Å². The minimum atomic E-state index is -3.05. The van der Waals surface area contributed by atoms with E-state index in [2.05, 4.69) is 31.4 Å². The van der Waals surface area contributed by atoms with E-state index in [0.29, 0.717) is 25.0 Å². The topological polar surface area (TPSA) is 73.8 Å². The zero-order chi connectivity index (χ0) is 19.2. The summed E-state index contributed by atoms with van der Waals surface area (Å²) in [6.07, 6.45) is 8.19. The number of nitrogens with zero attached hydrogens (tertiary/aromatic N) is 2. The van der Waals surface area contributed by atoms with E-state index in [1.807, 2.05) is 0 Å². The van der Waals surface area contributed by atoms with Crippen molar-refractivity contribution < 1.29 is 8.42 Å². The van der Waals surface area contributed by atoms with E-state index in [1.165, 1.54) is 31.9 Å². The normalized spacial score (nSPS) is 26.9. The van der Waals surface area contributed by atoms with E-state index in [4.69, 9.17) is 4.99 Å². The Morgan fingerprint density at radius 2 is 1.88 bits per heavy atom. The molecular formula is C19H38N4O2S. The van der Waals surface area contributed by atoms with E-state index >= 15 is 0 Å². The fourth-order valence-corrected chi connectivity index (χ4v) is 5.00. The Labute approximate surface area is 160 Å². The number of aliphatic imine (C=N–C) groups is 1. The van der Waals surface area contributed by atoms with Crippen molar-refractivity contribution in [2.24, 2.45) is 22.7 Å². The predicted molar refractivity (Wildman–Crippen MR) is 109 cm³/mol. The van der Waals surface area contributed by atoms with Crippen molar-refractivity contribution in [3.8, 4) is 0 Å². The minimum Gasteiger partial charge on any atom is -0.357 e. The molecule has 0 aromatic heterocycles. The van der Waals surface area contributed by atoms with Crippen LogP contribution >= 0.6 is 0 Å². The molecule has 0 radical (unpaired) electrons. The maximum Gasteiger partial charge on any atom is 0.211 e. The molecule has 2 fully saturated rings. The first-order chi connectivity index (χ1) is 12.3. The van der Waals surface area contributed by atoms with Gasteiger partial charge in [-0.05, 0) is 50.4 Å². The van der Waals surface area contributed by atoms with Gasteiger partial charge in [0, 0.05) is 32.2 Å². The SMILES string of the molecule is CCNC(=NCC1CCN(S(C)(=O)=O)CC1)NC1CCCC(C(C)C)C1. The van der Waals surface area contributed by atoms with Crippen molar-refractivity contribution >= 4 is 16.0 Å². The highest BCUT2D eigenvalue weighted by atomic mass is 32.2. The first kappa shape index (κ1) is 21.5. The van der Waals surface area contributed by atoms with Crippen LogP contribution in [0.2, 0.25) is 0 Å². The molecule has 1 heterocycles. The third-order valence-electron chi connectivity index (χ3n) is 5.89. The third kappa shape index (κ3) is 6.72. The van der Waals surface area contributed by atoms with Crippen molar-refractivity contribution in [1.82, 2.24) is 14.9 Å². The van der Waals surface area contributed by atoms with Crippen LogP contribution < -0.4 is 10.6 Å². The summed E-state index contributed by atoms with van der Waals surface area (Å²) in [6, 6.07) is 0.515. The molecule has 2 atom stereocenters. The zero-order valence-electron chi connectivity index (χ0n) is 17.0. The predicted octanol–water partition coefficient (Wildman–Crippen LogP) is 2.43. The lowest BCUT2D eigenvalue weighted by atomic mass is 9.79. The fraction of sp³-hybridized carbons (Fsp3) is 0.947. The second-order valence-electron chi connectivity index (χ2n) is 8.34. The van der Waals surface area contributed by atoms with E-state index in [0.717, 1.165) is 43.7 Å². The van der Waals surface area contributed by atoms with Crippen molar-refractivity contribution in [3.05, 3.63) is 0 Å². The molecule has 1 aliphatic carbocycles. The highest BCUT2D eigenvalue weighted by molar-refractivity contribution is 7.88. The van der Waals surface area contributed by atoms with Crippen LogP contribution in [0, 0.1) is 17.8 Å². The second-order valence-corrected chi connectivity index (χ2v) is 10.3. The number of guanidine groups is 1. The van der Waals surface area contributed by atoms with Crippen LogP contribution in [0.3, 0.4) is 0 Å². The van der Waals surface area contributed by atoms with Crippen LogP contribution in [0.5, 0.6) is 0 Å². The molecular weight excluding hydrogens is 348 g/mol. The van der Waals surface area contributed by atoms with Gasteiger partial charge in [0.15, 0.2) is 5.96 Å². The molecule has 0 spiro atoms. The minimum absolute atomic E-state index is 0.471. The summed E-state index contributed by atoms with van der Waals surface area (Å²) in [4.78, 5) is 4.81. The van der Waals surface area contributed by atoms with E-state index < -0.39 is 10.0 Å². The standard InChI is InChI=1S/C19H38N4O2S/c1-5-20-19(22-18-8-6-7-17(13-18)15(2)3)21-14-16-9-11-23(12-10-16)26(4,24)25/h15-18H,5-14H2,1-4H3,(H2,20,21,22). The van der Waals surface area contributed by atoms with Gasteiger partial charge in [0.05, 0.1) is 6.26 Å². The van der Waals surface area contributed by atoms with Crippen LogP contribution in [-0.4, -0.2) is 57.2 Å². The largest absolute Gasteiger partial charge is 0.357 e. The molecule has 0 aromatic rings. The highest BCUT2D eigenvalue weighted by Crippen LogP contribution is 2.29. The molecule has 7 heteroatoms. The molecule has 2 rings (SSSR count). The first-order valence-electron chi connectivity index (χ1n) is 10.3. The van der Waals surface area contributed by atoms with Crippen LogP contribution in [0.4, 0.5) is 0 Å². The number of piperidine rings is 1. The Balaban J connectivity index is 1.85. The average Bonchev–Trinajstić information content (AvgIpc) is 2.60. The molecule has 26 heavy (non-hydrogen) atoms. The molecule has 6 nitrogen and oxygen atoms in total. The first-order valence-corrected chi connectivity index (χ1v) is 12.1. The summed E-state index contributed by atoms with van der Waals surface area (Å²) < 4.78 is 24.8. The van der Waals surface area contributed by atoms with Gasteiger partial charge in [0.1, 0.15) is 0 Å². The lowest BCUT2D eigenvalue weighted by Crippen LogP contribution is -2.46. The maximum atomic E-state index is 11.6. The van der Waals surface area contributed by atoms with Gasteiger partial charge < -0.3 is 10.6 Å². The molecule has 1 aliphatic heterocycles. The van der Waals surface area contributed by atoms with Crippen molar-refractivity contribution in [3.63, 3.8) is 0 Å². The number of sulfonamides is 1. The van der Waals surface area contributed by atoms with Gasteiger partial charge in [-0.25, -0.2) is 12.7 Å². The molecule has 152 valence electrons. The van der Waals surface area contributed by atoms with Crippen molar-refractivity contribution in [1.29, 1.82) is 0 Å². The van der Waals surface area contributed by atoms with Gasteiger partial charge in [0.2, 0.25) is 10.0 Å². The quantitative estimate of drug-likeness (QED) is 0.543. The summed E-state index contributed by atoms with van der Waals surface area (Å²) in [6.45, 7) is 9.64. The van der Waals surface area contributed by atoms with Crippen molar-refractivity contribution in [2.75, 3.05) is 32.4 Å². The molecule has 0 aromatic carbocycles. The van der Waals surface area contributed by atoms with Gasteiger partial charge in [-0.2, -0.15) is 0 Å². The Morgan fingerprint density at radius 1 is 1.19 bits per heavy atom. The molecule has 2 aliphatic rings. The Bertz CT molecular complexity index is 554. The molecule has 0 amide bonds. The molecule has 1 saturated heterocycles. The number of rotatable bonds is 6. The number of hydrogen-bond acceptors (Lipinski definition) is 3. The summed E-state index contributed by atoms with van der Waals surface area (Å²) in [5.41, 5.74) is 0. The lowest BCUT2D eigenvalue weighted by Gasteiger charge is -2.33. The summed E-state index contributed by atoms with van der Waals surface area (Å²) in [7, 11) is -3.05. The van der Waals surface area contributed by atoms with Crippen LogP contribution in [0.1, 0.15) is 59.3 Å². The summed E-state index contributed by atoms with van der Waals surface area (Å²) >= 11 is 0. The summed E-state index contributed by atoms with van der Waals surface area (Å²) in [5.74, 6) is 2.95. The summed E-state index contributed by atoms with van der Waals surface area (Å²) in [5, 5.41) is 7.03. The molecule has 1 saturated carbocycles. The zero-order valence-corrected chi connectivity index (χ0v) is 17.8. The molecule has 2 N–H and O–H groups in total. The number of nitrogens with one attached hydrogen (secondary N) is 2. The van der Waals surface area contributed by atoms with E-state index in [-0.39, 0.29) is 0 Å². The third-order valence-corrected chi connectivity index (χ3v) is 7.20. The van der Waals surface area contributed by atoms with E-state index in [1.54, 1.807) is 4.31 Å². The fourth-order valence-electron chi connectivity index (χ4n) is 4.12. The van der Waals surface area contributed by atoms with Gasteiger partial charge >= 0.3 is 0 Å². The monoisotopic (exact) mass is 386 g/mol. The van der Waals surface area contributed by atoms with E-state index in [9.17, 15) is 8.42 Å². The smallest absolute Gasteiger partial charge is 0.211 e. The van der Waals surface area contributed by atoms with Gasteiger partial charge in [0.25, 0.3) is 0 Å². The Hall–Kier alpha value is -0.820. The van der Waals surface area contributed by atoms with Gasteiger partial charge in [-0.3, -0.25) is 4.99 Å². The van der Waals surface area contributed by atoms with Crippen LogP contribution in [0.15, 0.2) is 4.99 Å². The van der Waals surface area contributed by atoms with Crippen LogP contribution in [-0.2, 0) is 10.0 Å². The van der Waals surface area contributed by atoms with Crippen LogP contribution in [0.25, 0.3) is 0 Å². The number of hydrogen-bond donors (Lipinski definition) is 2. The lowest BCUT2D eigenvalue weighted by molar-refractivity contribution is 0.244. The molecule has 0 bridgehead atoms. The maximum absolute atomic E-state index is 11.6. The average molecular weight is 387 g/mol. The highest BCUT2D eigenvalue weighted by Gasteiger charge is 2.26.